The monoisotopic (exact) mass is 294 g/mol. The van der Waals surface area contributed by atoms with E-state index in [1.165, 1.54) is 37.4 Å². The van der Waals surface area contributed by atoms with Crippen LogP contribution in [0.25, 0.3) is 0 Å². The Morgan fingerprint density at radius 1 is 1.30 bits per heavy atom. The summed E-state index contributed by atoms with van der Waals surface area (Å²) in [6.45, 7) is 0. The van der Waals surface area contributed by atoms with Gasteiger partial charge in [0.2, 0.25) is 0 Å². The van der Waals surface area contributed by atoms with Gasteiger partial charge in [0.1, 0.15) is 0 Å². The van der Waals surface area contributed by atoms with Gasteiger partial charge in [0, 0.05) is 17.3 Å². The summed E-state index contributed by atoms with van der Waals surface area (Å²) in [5, 5.41) is 2.85. The Labute approximate surface area is 120 Å². The molecule has 0 aromatic heterocycles. The molecule has 0 unspecified atom stereocenters. The number of nitrogens with two attached hydrogens (primary N) is 1. The van der Waals surface area contributed by atoms with Crippen LogP contribution in [0.5, 0.6) is 5.75 Å². The smallest absolute Gasteiger partial charge is 0.255 e. The molecule has 20 heavy (non-hydrogen) atoms. The lowest BCUT2D eigenvalue weighted by molar-refractivity contribution is 0.102. The summed E-state index contributed by atoms with van der Waals surface area (Å²) in [5.41, 5.74) is 6.61. The van der Waals surface area contributed by atoms with Crippen molar-refractivity contribution in [3.63, 3.8) is 0 Å². The van der Waals surface area contributed by atoms with E-state index < -0.39 is 11.7 Å². The molecular formula is C14H12ClFN2O2. The second kappa shape index (κ2) is 5.79. The second-order valence-electron chi connectivity index (χ2n) is 4.04. The lowest BCUT2D eigenvalue weighted by Crippen LogP contribution is -2.12. The predicted molar refractivity (Wildman–Crippen MR) is 76.8 cm³/mol. The van der Waals surface area contributed by atoms with E-state index >= 15 is 0 Å². The summed E-state index contributed by atoms with van der Waals surface area (Å²) in [6, 6.07) is 8.67. The molecule has 0 radical (unpaired) electrons. The molecule has 0 saturated carbocycles. The number of hydrogen-bond donors (Lipinski definition) is 2. The molecule has 0 spiro atoms. The second-order valence-corrected chi connectivity index (χ2v) is 4.45. The van der Waals surface area contributed by atoms with Crippen molar-refractivity contribution in [3.8, 4) is 5.75 Å². The molecule has 0 aliphatic heterocycles. The highest BCUT2D eigenvalue weighted by atomic mass is 35.5. The molecule has 3 N–H and O–H groups in total. The van der Waals surface area contributed by atoms with Gasteiger partial charge in [-0.3, -0.25) is 4.79 Å². The van der Waals surface area contributed by atoms with Gasteiger partial charge in [-0.15, -0.1) is 0 Å². The standard InChI is InChI=1S/C14H12ClFN2O2/c1-20-13-5-3-9(7-11(13)16)18-14(19)8-2-4-12(17)10(15)6-8/h2-7H,17H2,1H3,(H,18,19). The quantitative estimate of drug-likeness (QED) is 0.854. The van der Waals surface area contributed by atoms with Gasteiger partial charge in [0.15, 0.2) is 11.6 Å². The van der Waals surface area contributed by atoms with Crippen LogP contribution in [0.2, 0.25) is 5.02 Å². The van der Waals surface area contributed by atoms with Gasteiger partial charge in [-0.25, -0.2) is 4.39 Å². The minimum atomic E-state index is -0.555. The van der Waals surface area contributed by atoms with Crippen LogP contribution in [0.4, 0.5) is 15.8 Å². The van der Waals surface area contributed by atoms with Gasteiger partial charge in [-0.2, -0.15) is 0 Å². The molecule has 2 aromatic carbocycles. The zero-order valence-corrected chi connectivity index (χ0v) is 11.4. The van der Waals surface area contributed by atoms with Crippen LogP contribution in [-0.4, -0.2) is 13.0 Å². The number of anilines is 2. The molecule has 104 valence electrons. The first kappa shape index (κ1) is 14.1. The zero-order chi connectivity index (χ0) is 14.7. The summed E-state index contributed by atoms with van der Waals surface area (Å²) in [6.07, 6.45) is 0. The molecule has 0 fully saturated rings. The van der Waals surface area contributed by atoms with E-state index in [4.69, 9.17) is 22.1 Å². The van der Waals surface area contributed by atoms with Crippen LogP contribution >= 0.6 is 11.6 Å². The third-order valence-corrected chi connectivity index (χ3v) is 3.00. The molecular weight excluding hydrogens is 283 g/mol. The van der Waals surface area contributed by atoms with Crippen molar-refractivity contribution >= 4 is 28.9 Å². The highest BCUT2D eigenvalue weighted by Gasteiger charge is 2.10. The van der Waals surface area contributed by atoms with Crippen molar-refractivity contribution in [1.82, 2.24) is 0 Å². The summed E-state index contributed by atoms with van der Waals surface area (Å²) in [5.74, 6) is -0.851. The van der Waals surface area contributed by atoms with E-state index in [-0.39, 0.29) is 5.75 Å². The van der Waals surface area contributed by atoms with E-state index in [1.807, 2.05) is 0 Å². The van der Waals surface area contributed by atoms with Crippen molar-refractivity contribution in [2.45, 2.75) is 0 Å². The van der Waals surface area contributed by atoms with Crippen molar-refractivity contribution in [2.75, 3.05) is 18.2 Å². The number of amides is 1. The van der Waals surface area contributed by atoms with Gasteiger partial charge in [-0.1, -0.05) is 11.6 Å². The number of hydrogen-bond acceptors (Lipinski definition) is 3. The average molecular weight is 295 g/mol. The lowest BCUT2D eigenvalue weighted by atomic mass is 10.2. The van der Waals surface area contributed by atoms with Gasteiger partial charge in [0.05, 0.1) is 17.8 Å². The fourth-order valence-electron chi connectivity index (χ4n) is 1.62. The number of benzene rings is 2. The highest BCUT2D eigenvalue weighted by Crippen LogP contribution is 2.23. The maximum absolute atomic E-state index is 13.5. The van der Waals surface area contributed by atoms with E-state index in [2.05, 4.69) is 5.32 Å². The third kappa shape index (κ3) is 3.00. The van der Waals surface area contributed by atoms with Gasteiger partial charge in [-0.05, 0) is 30.3 Å². The Morgan fingerprint density at radius 3 is 2.65 bits per heavy atom. The summed E-state index contributed by atoms with van der Waals surface area (Å²) in [4.78, 5) is 12.0. The topological polar surface area (TPSA) is 64.3 Å². The van der Waals surface area contributed by atoms with Crippen molar-refractivity contribution in [3.05, 3.63) is 52.8 Å². The summed E-state index contributed by atoms with van der Waals surface area (Å²) in [7, 11) is 1.37. The van der Waals surface area contributed by atoms with Crippen LogP contribution in [0.3, 0.4) is 0 Å². The lowest BCUT2D eigenvalue weighted by Gasteiger charge is -2.08. The Kier molecular flexibility index (Phi) is 4.10. The van der Waals surface area contributed by atoms with E-state index in [0.29, 0.717) is 22.0 Å². The third-order valence-electron chi connectivity index (χ3n) is 2.67. The van der Waals surface area contributed by atoms with Crippen LogP contribution in [-0.2, 0) is 0 Å². The molecule has 0 atom stereocenters. The molecule has 6 heteroatoms. The zero-order valence-electron chi connectivity index (χ0n) is 10.6. The SMILES string of the molecule is COc1ccc(NC(=O)c2ccc(N)c(Cl)c2)cc1F. The van der Waals surface area contributed by atoms with Crippen LogP contribution < -0.4 is 15.8 Å². The molecule has 0 aliphatic carbocycles. The average Bonchev–Trinajstić information content (AvgIpc) is 2.42. The minimum absolute atomic E-state index is 0.110. The largest absolute Gasteiger partial charge is 0.494 e. The minimum Gasteiger partial charge on any atom is -0.494 e. The Balaban J connectivity index is 2.19. The maximum Gasteiger partial charge on any atom is 0.255 e. The maximum atomic E-state index is 13.5. The normalized spacial score (nSPS) is 10.2. The molecule has 2 aromatic rings. The molecule has 0 bridgehead atoms. The molecule has 0 heterocycles. The molecule has 0 saturated heterocycles. The Hall–Kier alpha value is -2.27. The number of nitrogen functional groups attached to an aromatic ring is 1. The first-order valence-electron chi connectivity index (χ1n) is 5.71. The van der Waals surface area contributed by atoms with Crippen molar-refractivity contribution in [1.29, 1.82) is 0 Å². The highest BCUT2D eigenvalue weighted by molar-refractivity contribution is 6.33. The fraction of sp³-hybridized carbons (Fsp3) is 0.0714. The van der Waals surface area contributed by atoms with Gasteiger partial charge >= 0.3 is 0 Å². The first-order chi connectivity index (χ1) is 9.51. The van der Waals surface area contributed by atoms with Crippen molar-refractivity contribution < 1.29 is 13.9 Å². The molecule has 1 amide bonds. The number of methoxy groups -OCH3 is 1. The van der Waals surface area contributed by atoms with Crippen LogP contribution in [0.1, 0.15) is 10.4 Å². The Bertz CT molecular complexity index is 662. The van der Waals surface area contributed by atoms with E-state index in [9.17, 15) is 9.18 Å². The number of carbonyl (C=O) groups is 1. The number of nitrogens with one attached hydrogen (secondary N) is 1. The molecule has 0 aliphatic rings. The molecule has 2 rings (SSSR count). The number of carbonyl (C=O) groups excluding carboxylic acids is 1. The first-order valence-corrected chi connectivity index (χ1v) is 6.09. The number of halogens is 2. The number of rotatable bonds is 3. The van der Waals surface area contributed by atoms with E-state index in [1.54, 1.807) is 6.07 Å². The van der Waals surface area contributed by atoms with Crippen LogP contribution in [0.15, 0.2) is 36.4 Å². The number of ether oxygens (including phenoxy) is 1. The van der Waals surface area contributed by atoms with E-state index in [0.717, 1.165) is 0 Å². The fourth-order valence-corrected chi connectivity index (χ4v) is 1.80. The predicted octanol–water partition coefficient (Wildman–Crippen LogP) is 3.32. The van der Waals surface area contributed by atoms with Gasteiger partial charge < -0.3 is 15.8 Å². The van der Waals surface area contributed by atoms with Gasteiger partial charge in [0.25, 0.3) is 5.91 Å². The molecule has 4 nitrogen and oxygen atoms in total. The van der Waals surface area contributed by atoms with Crippen LogP contribution in [0, 0.1) is 5.82 Å². The van der Waals surface area contributed by atoms with Crippen molar-refractivity contribution in [2.24, 2.45) is 0 Å². The Morgan fingerprint density at radius 2 is 2.05 bits per heavy atom. The summed E-state index contributed by atoms with van der Waals surface area (Å²) < 4.78 is 18.3. The summed E-state index contributed by atoms with van der Waals surface area (Å²) >= 11 is 5.84.